The van der Waals surface area contributed by atoms with Gasteiger partial charge in [0.15, 0.2) is 0 Å². The molecule has 2 aromatic rings. The molecule has 2 aromatic carbocycles. The lowest BCUT2D eigenvalue weighted by Crippen LogP contribution is -2.43. The standard InChI is InChI=1S/C22H25NO5/c1-16-19(27-14-17-9-5-3-6-10-17)13-23(20(16)21(24)26-2)22(25)28-15-18-11-7-4-8-12-18/h3-12,16,19-20H,13-15H2,1-2H3/t16-,19-,20-/m1/s1. The molecule has 1 aliphatic heterocycles. The molecule has 6 nitrogen and oxygen atoms in total. The summed E-state index contributed by atoms with van der Waals surface area (Å²) in [7, 11) is 1.32. The van der Waals surface area contributed by atoms with Gasteiger partial charge in [-0.3, -0.25) is 4.90 Å². The Hall–Kier alpha value is -2.86. The second-order valence-electron chi connectivity index (χ2n) is 6.85. The maximum absolute atomic E-state index is 12.7. The van der Waals surface area contributed by atoms with Crippen LogP contribution in [-0.4, -0.2) is 42.8 Å². The molecule has 0 bridgehead atoms. The summed E-state index contributed by atoms with van der Waals surface area (Å²) < 4.78 is 16.3. The van der Waals surface area contributed by atoms with Crippen molar-refractivity contribution in [1.29, 1.82) is 0 Å². The number of methoxy groups -OCH3 is 1. The summed E-state index contributed by atoms with van der Waals surface area (Å²) in [6.45, 7) is 2.73. The Labute approximate surface area is 165 Å². The van der Waals surface area contributed by atoms with Crippen LogP contribution < -0.4 is 0 Å². The highest BCUT2D eigenvalue weighted by Gasteiger charge is 2.47. The fourth-order valence-electron chi connectivity index (χ4n) is 3.40. The van der Waals surface area contributed by atoms with Crippen molar-refractivity contribution in [3.63, 3.8) is 0 Å². The average Bonchev–Trinajstić information content (AvgIpc) is 3.07. The summed E-state index contributed by atoms with van der Waals surface area (Å²) in [5.41, 5.74) is 1.92. The lowest BCUT2D eigenvalue weighted by atomic mass is 10.0. The number of carbonyl (C=O) groups excluding carboxylic acids is 2. The van der Waals surface area contributed by atoms with Crippen LogP contribution in [-0.2, 0) is 32.2 Å². The Kier molecular flexibility index (Phi) is 6.66. The van der Waals surface area contributed by atoms with E-state index < -0.39 is 18.1 Å². The van der Waals surface area contributed by atoms with Gasteiger partial charge in [-0.1, -0.05) is 67.6 Å². The molecule has 0 aromatic heterocycles. The Morgan fingerprint density at radius 3 is 2.11 bits per heavy atom. The summed E-state index contributed by atoms with van der Waals surface area (Å²) in [6.07, 6.45) is -0.828. The van der Waals surface area contributed by atoms with Gasteiger partial charge < -0.3 is 14.2 Å². The lowest BCUT2D eigenvalue weighted by Gasteiger charge is -2.23. The van der Waals surface area contributed by atoms with Crippen LogP contribution in [0.3, 0.4) is 0 Å². The topological polar surface area (TPSA) is 65.1 Å². The minimum atomic E-state index is -0.728. The number of nitrogens with zero attached hydrogens (tertiary/aromatic N) is 1. The number of likely N-dealkylation sites (tertiary alicyclic amines) is 1. The normalized spacial score (nSPS) is 21.4. The van der Waals surface area contributed by atoms with E-state index in [0.29, 0.717) is 6.61 Å². The number of hydrogen-bond acceptors (Lipinski definition) is 5. The molecule has 1 aliphatic rings. The van der Waals surface area contributed by atoms with Crippen LogP contribution in [0.25, 0.3) is 0 Å². The van der Waals surface area contributed by atoms with Crippen LogP contribution in [0.15, 0.2) is 60.7 Å². The van der Waals surface area contributed by atoms with Crippen LogP contribution >= 0.6 is 0 Å². The predicted octanol–water partition coefficient (Wildman–Crippen LogP) is 3.40. The lowest BCUT2D eigenvalue weighted by molar-refractivity contribution is -0.147. The SMILES string of the molecule is COC(=O)[C@H]1[C@H](C)[C@H](OCc2ccccc2)CN1C(=O)OCc1ccccc1. The Morgan fingerprint density at radius 1 is 0.964 bits per heavy atom. The van der Waals surface area contributed by atoms with E-state index in [1.54, 1.807) is 0 Å². The van der Waals surface area contributed by atoms with Gasteiger partial charge >= 0.3 is 12.1 Å². The van der Waals surface area contributed by atoms with E-state index in [1.165, 1.54) is 12.0 Å². The molecule has 1 heterocycles. The quantitative estimate of drug-likeness (QED) is 0.716. The van der Waals surface area contributed by atoms with Crippen LogP contribution in [0.5, 0.6) is 0 Å². The van der Waals surface area contributed by atoms with Crippen molar-refractivity contribution in [2.75, 3.05) is 13.7 Å². The Morgan fingerprint density at radius 2 is 1.54 bits per heavy atom. The number of amides is 1. The fraction of sp³-hybridized carbons (Fsp3) is 0.364. The van der Waals surface area contributed by atoms with Crippen molar-refractivity contribution in [2.45, 2.75) is 32.3 Å². The number of hydrogen-bond donors (Lipinski definition) is 0. The van der Waals surface area contributed by atoms with Crippen molar-refractivity contribution >= 4 is 12.1 Å². The monoisotopic (exact) mass is 383 g/mol. The summed E-state index contributed by atoms with van der Waals surface area (Å²) in [5.74, 6) is -0.671. The number of rotatable bonds is 6. The molecule has 3 atom stereocenters. The number of carbonyl (C=O) groups is 2. The molecule has 1 saturated heterocycles. The highest BCUT2D eigenvalue weighted by atomic mass is 16.6. The largest absolute Gasteiger partial charge is 0.467 e. The molecule has 3 rings (SSSR count). The van der Waals surface area contributed by atoms with Gasteiger partial charge in [0.2, 0.25) is 0 Å². The van der Waals surface area contributed by atoms with E-state index in [4.69, 9.17) is 14.2 Å². The smallest absolute Gasteiger partial charge is 0.410 e. The van der Waals surface area contributed by atoms with Crippen molar-refractivity contribution in [2.24, 2.45) is 5.92 Å². The first-order chi connectivity index (χ1) is 13.6. The van der Waals surface area contributed by atoms with Gasteiger partial charge in [0.05, 0.1) is 26.4 Å². The van der Waals surface area contributed by atoms with Crippen LogP contribution in [0.1, 0.15) is 18.1 Å². The number of esters is 1. The van der Waals surface area contributed by atoms with Gasteiger partial charge in [-0.25, -0.2) is 9.59 Å². The van der Waals surface area contributed by atoms with E-state index in [1.807, 2.05) is 67.6 Å². The molecule has 0 aliphatic carbocycles. The van der Waals surface area contributed by atoms with Gasteiger partial charge in [0, 0.05) is 5.92 Å². The molecule has 0 N–H and O–H groups in total. The van der Waals surface area contributed by atoms with Gasteiger partial charge in [0.1, 0.15) is 12.6 Å². The third-order valence-electron chi connectivity index (χ3n) is 4.99. The second kappa shape index (κ2) is 9.37. The third-order valence-corrected chi connectivity index (χ3v) is 4.99. The summed E-state index contributed by atoms with van der Waals surface area (Å²) in [4.78, 5) is 26.4. The summed E-state index contributed by atoms with van der Waals surface area (Å²) >= 11 is 0. The van der Waals surface area contributed by atoms with Gasteiger partial charge in [-0.15, -0.1) is 0 Å². The number of ether oxygens (including phenoxy) is 3. The van der Waals surface area contributed by atoms with E-state index in [0.717, 1.165) is 11.1 Å². The first-order valence-electron chi connectivity index (χ1n) is 9.31. The van der Waals surface area contributed by atoms with Crippen LogP contribution in [0.4, 0.5) is 4.79 Å². The Balaban J connectivity index is 1.65. The molecule has 0 radical (unpaired) electrons. The summed E-state index contributed by atoms with van der Waals surface area (Å²) in [5, 5.41) is 0. The van der Waals surface area contributed by atoms with Gasteiger partial charge in [-0.05, 0) is 11.1 Å². The van der Waals surface area contributed by atoms with Crippen molar-refractivity contribution in [1.82, 2.24) is 4.90 Å². The molecule has 1 amide bonds. The van der Waals surface area contributed by atoms with E-state index in [2.05, 4.69) is 0 Å². The van der Waals surface area contributed by atoms with Crippen molar-refractivity contribution in [3.05, 3.63) is 71.8 Å². The molecule has 0 spiro atoms. The van der Waals surface area contributed by atoms with Crippen LogP contribution in [0, 0.1) is 5.92 Å². The molecule has 28 heavy (non-hydrogen) atoms. The molecular formula is C22H25NO5. The van der Waals surface area contributed by atoms with E-state index >= 15 is 0 Å². The maximum Gasteiger partial charge on any atom is 0.410 e. The highest BCUT2D eigenvalue weighted by Crippen LogP contribution is 2.29. The van der Waals surface area contributed by atoms with E-state index in [-0.39, 0.29) is 25.2 Å². The zero-order chi connectivity index (χ0) is 19.9. The molecule has 148 valence electrons. The minimum Gasteiger partial charge on any atom is -0.467 e. The zero-order valence-electron chi connectivity index (χ0n) is 16.1. The zero-order valence-corrected chi connectivity index (χ0v) is 16.1. The first kappa shape index (κ1) is 19.9. The third kappa shape index (κ3) is 4.70. The molecule has 6 heteroatoms. The van der Waals surface area contributed by atoms with Gasteiger partial charge in [0.25, 0.3) is 0 Å². The first-order valence-corrected chi connectivity index (χ1v) is 9.31. The van der Waals surface area contributed by atoms with Gasteiger partial charge in [-0.2, -0.15) is 0 Å². The molecule has 1 fully saturated rings. The van der Waals surface area contributed by atoms with Crippen molar-refractivity contribution < 1.29 is 23.8 Å². The molecular weight excluding hydrogens is 358 g/mol. The van der Waals surface area contributed by atoms with Crippen LogP contribution in [0.2, 0.25) is 0 Å². The average molecular weight is 383 g/mol. The number of benzene rings is 2. The fourth-order valence-corrected chi connectivity index (χ4v) is 3.40. The molecule has 0 saturated carbocycles. The van der Waals surface area contributed by atoms with Crippen molar-refractivity contribution in [3.8, 4) is 0 Å². The summed E-state index contributed by atoms with van der Waals surface area (Å²) in [6, 6.07) is 18.5. The Bertz CT molecular complexity index is 780. The second-order valence-corrected chi connectivity index (χ2v) is 6.85. The maximum atomic E-state index is 12.7. The predicted molar refractivity (Wildman–Crippen MR) is 103 cm³/mol. The molecule has 0 unspecified atom stereocenters. The minimum absolute atomic E-state index is 0.147. The van der Waals surface area contributed by atoms with E-state index in [9.17, 15) is 9.59 Å². The highest BCUT2D eigenvalue weighted by molar-refractivity contribution is 5.82.